The summed E-state index contributed by atoms with van der Waals surface area (Å²) in [5.41, 5.74) is 1.72. The van der Waals surface area contributed by atoms with Gasteiger partial charge in [0.1, 0.15) is 0 Å². The monoisotopic (exact) mass is 378 g/mol. The molecule has 3 aromatic rings. The van der Waals surface area contributed by atoms with Gasteiger partial charge in [0.15, 0.2) is 0 Å². The molecule has 1 amide bonds. The Hall–Kier alpha value is -3.48. The molecule has 0 saturated carbocycles. The van der Waals surface area contributed by atoms with Crippen LogP contribution in [0.5, 0.6) is 0 Å². The van der Waals surface area contributed by atoms with Crippen LogP contribution in [0.2, 0.25) is 0 Å². The molecule has 1 N–H and O–H groups in total. The molecule has 0 bridgehead atoms. The Morgan fingerprint density at radius 2 is 1.75 bits per heavy atom. The van der Waals surface area contributed by atoms with Crippen LogP contribution in [0, 0.1) is 13.8 Å². The van der Waals surface area contributed by atoms with Crippen molar-refractivity contribution in [3.8, 4) is 5.69 Å². The maximum Gasteiger partial charge on any atom is 0.352 e. The molecule has 7 heteroatoms. The third-order valence-electron chi connectivity index (χ3n) is 4.53. The molecule has 0 aliphatic carbocycles. The van der Waals surface area contributed by atoms with E-state index in [9.17, 15) is 14.4 Å². The Balaban J connectivity index is 2.24. The number of aromatic nitrogens is 3. The normalized spacial score (nSPS) is 10.7. The standard InChI is InChI=1S/C21H22N4O3/c1-4-22-19(26)18-20(27)24(13-16-8-6-5-7-9-16)21(28)25(23-18)17-11-10-14(2)15(3)12-17/h5-12H,4,13H2,1-3H3,(H,22,26). The van der Waals surface area contributed by atoms with E-state index in [1.54, 1.807) is 13.0 Å². The van der Waals surface area contributed by atoms with Crippen molar-refractivity contribution in [1.82, 2.24) is 19.7 Å². The third kappa shape index (κ3) is 3.78. The zero-order chi connectivity index (χ0) is 20.3. The minimum Gasteiger partial charge on any atom is -0.351 e. The minimum atomic E-state index is -0.708. The van der Waals surface area contributed by atoms with Crippen molar-refractivity contribution in [2.45, 2.75) is 27.3 Å². The summed E-state index contributed by atoms with van der Waals surface area (Å²) in [6, 6.07) is 14.6. The molecule has 0 aliphatic rings. The van der Waals surface area contributed by atoms with E-state index in [4.69, 9.17) is 0 Å². The van der Waals surface area contributed by atoms with Crippen molar-refractivity contribution in [2.24, 2.45) is 0 Å². The quantitative estimate of drug-likeness (QED) is 0.734. The second-order valence-electron chi connectivity index (χ2n) is 6.55. The third-order valence-corrected chi connectivity index (χ3v) is 4.53. The van der Waals surface area contributed by atoms with E-state index in [-0.39, 0.29) is 12.2 Å². The van der Waals surface area contributed by atoms with Crippen LogP contribution in [0.15, 0.2) is 58.1 Å². The minimum absolute atomic E-state index is 0.0538. The molecule has 0 unspecified atom stereocenters. The van der Waals surface area contributed by atoms with Gasteiger partial charge in [-0.1, -0.05) is 36.4 Å². The van der Waals surface area contributed by atoms with Gasteiger partial charge in [-0.3, -0.25) is 14.2 Å². The first-order valence-corrected chi connectivity index (χ1v) is 9.06. The van der Waals surface area contributed by atoms with E-state index < -0.39 is 17.2 Å². The Morgan fingerprint density at radius 3 is 2.39 bits per heavy atom. The van der Waals surface area contributed by atoms with Crippen LogP contribution in [0.3, 0.4) is 0 Å². The van der Waals surface area contributed by atoms with Crippen molar-refractivity contribution >= 4 is 5.91 Å². The molecule has 1 heterocycles. The van der Waals surface area contributed by atoms with E-state index >= 15 is 0 Å². The number of hydrogen-bond acceptors (Lipinski definition) is 4. The Morgan fingerprint density at radius 1 is 1.04 bits per heavy atom. The highest BCUT2D eigenvalue weighted by molar-refractivity contribution is 5.91. The first kappa shape index (κ1) is 19.3. The number of nitrogens with zero attached hydrogens (tertiary/aromatic N) is 3. The number of rotatable bonds is 5. The molecule has 3 rings (SSSR count). The van der Waals surface area contributed by atoms with Crippen molar-refractivity contribution in [2.75, 3.05) is 6.54 Å². The lowest BCUT2D eigenvalue weighted by Crippen LogP contribution is -2.46. The number of nitrogens with one attached hydrogen (secondary N) is 1. The lowest BCUT2D eigenvalue weighted by atomic mass is 10.1. The number of carbonyl (C=O) groups is 1. The maximum atomic E-state index is 13.1. The molecule has 0 spiro atoms. The molecule has 0 fully saturated rings. The number of aryl methyl sites for hydroxylation is 2. The molecule has 2 aromatic carbocycles. The average Bonchev–Trinajstić information content (AvgIpc) is 2.68. The van der Waals surface area contributed by atoms with Crippen LogP contribution in [0.4, 0.5) is 0 Å². The van der Waals surface area contributed by atoms with Crippen molar-refractivity contribution < 1.29 is 4.79 Å². The molecule has 1 aromatic heterocycles. The Bertz CT molecular complexity index is 1130. The predicted octanol–water partition coefficient (Wildman–Crippen LogP) is 1.81. The maximum absolute atomic E-state index is 13.1. The molecule has 144 valence electrons. The molecule has 0 saturated heterocycles. The second kappa shape index (κ2) is 8.04. The summed E-state index contributed by atoms with van der Waals surface area (Å²) in [7, 11) is 0. The number of benzene rings is 2. The number of carbonyl (C=O) groups excluding carboxylic acids is 1. The van der Waals surface area contributed by atoms with Gasteiger partial charge in [-0.15, -0.1) is 0 Å². The van der Waals surface area contributed by atoms with Gasteiger partial charge in [0, 0.05) is 6.54 Å². The van der Waals surface area contributed by atoms with Gasteiger partial charge in [0.2, 0.25) is 5.69 Å². The van der Waals surface area contributed by atoms with Gasteiger partial charge in [-0.05, 0) is 49.6 Å². The topological polar surface area (TPSA) is 86.0 Å². The number of hydrogen-bond donors (Lipinski definition) is 1. The summed E-state index contributed by atoms with van der Waals surface area (Å²) in [6.45, 7) is 6.04. The van der Waals surface area contributed by atoms with E-state index in [1.165, 1.54) is 0 Å². The van der Waals surface area contributed by atoms with Crippen LogP contribution < -0.4 is 16.6 Å². The number of amides is 1. The summed E-state index contributed by atoms with van der Waals surface area (Å²) >= 11 is 0. The van der Waals surface area contributed by atoms with E-state index in [1.807, 2.05) is 56.3 Å². The SMILES string of the molecule is CCNC(=O)c1nn(-c2ccc(C)c(C)c2)c(=O)n(Cc2ccccc2)c1=O. The molecule has 0 radical (unpaired) electrons. The summed E-state index contributed by atoms with van der Waals surface area (Å²) in [4.78, 5) is 38.3. The summed E-state index contributed by atoms with van der Waals surface area (Å²) in [5.74, 6) is -0.605. The van der Waals surface area contributed by atoms with Crippen molar-refractivity contribution in [3.63, 3.8) is 0 Å². The van der Waals surface area contributed by atoms with Crippen LogP contribution in [0.1, 0.15) is 34.1 Å². The molecular formula is C21H22N4O3. The van der Waals surface area contributed by atoms with Gasteiger partial charge in [-0.2, -0.15) is 9.78 Å². The van der Waals surface area contributed by atoms with Gasteiger partial charge in [0.25, 0.3) is 11.5 Å². The highest BCUT2D eigenvalue weighted by Gasteiger charge is 2.20. The van der Waals surface area contributed by atoms with Gasteiger partial charge < -0.3 is 5.32 Å². The molecule has 7 nitrogen and oxygen atoms in total. The largest absolute Gasteiger partial charge is 0.352 e. The van der Waals surface area contributed by atoms with Crippen molar-refractivity contribution in [3.05, 3.63) is 91.8 Å². The average molecular weight is 378 g/mol. The predicted molar refractivity (Wildman–Crippen MR) is 107 cm³/mol. The first-order chi connectivity index (χ1) is 13.4. The lowest BCUT2D eigenvalue weighted by Gasteiger charge is -2.13. The fraction of sp³-hybridized carbons (Fsp3) is 0.238. The molecule has 28 heavy (non-hydrogen) atoms. The Kier molecular flexibility index (Phi) is 5.54. The zero-order valence-electron chi connectivity index (χ0n) is 16.1. The van der Waals surface area contributed by atoms with E-state index in [2.05, 4.69) is 10.4 Å². The highest BCUT2D eigenvalue weighted by Crippen LogP contribution is 2.12. The fourth-order valence-corrected chi connectivity index (χ4v) is 2.83. The van der Waals surface area contributed by atoms with Gasteiger partial charge >= 0.3 is 5.69 Å². The van der Waals surface area contributed by atoms with E-state index in [0.29, 0.717) is 12.2 Å². The van der Waals surface area contributed by atoms with Crippen LogP contribution in [0.25, 0.3) is 5.69 Å². The fourth-order valence-electron chi connectivity index (χ4n) is 2.83. The Labute approximate surface area is 162 Å². The first-order valence-electron chi connectivity index (χ1n) is 9.06. The molecule has 0 aliphatic heterocycles. The second-order valence-corrected chi connectivity index (χ2v) is 6.55. The summed E-state index contributed by atoms with van der Waals surface area (Å²) < 4.78 is 2.16. The van der Waals surface area contributed by atoms with Gasteiger partial charge in [0.05, 0.1) is 12.2 Å². The lowest BCUT2D eigenvalue weighted by molar-refractivity contribution is 0.0946. The van der Waals surface area contributed by atoms with Crippen molar-refractivity contribution in [1.29, 1.82) is 0 Å². The molecule has 0 atom stereocenters. The molecular weight excluding hydrogens is 356 g/mol. The van der Waals surface area contributed by atoms with Crippen LogP contribution in [-0.2, 0) is 6.54 Å². The summed E-state index contributed by atoms with van der Waals surface area (Å²) in [5, 5.41) is 6.67. The van der Waals surface area contributed by atoms with E-state index in [0.717, 1.165) is 25.9 Å². The highest BCUT2D eigenvalue weighted by atomic mass is 16.2. The van der Waals surface area contributed by atoms with Gasteiger partial charge in [-0.25, -0.2) is 4.79 Å². The van der Waals surface area contributed by atoms with Crippen LogP contribution in [-0.4, -0.2) is 26.8 Å². The van der Waals surface area contributed by atoms with Crippen LogP contribution >= 0.6 is 0 Å². The zero-order valence-corrected chi connectivity index (χ0v) is 16.1. The summed E-state index contributed by atoms with van der Waals surface area (Å²) in [6.07, 6.45) is 0. The smallest absolute Gasteiger partial charge is 0.351 e.